The summed E-state index contributed by atoms with van der Waals surface area (Å²) in [7, 11) is 0. The average molecular weight is 380 g/mol. The van der Waals surface area contributed by atoms with E-state index in [9.17, 15) is 19.2 Å². The number of hydrogen-bond donors (Lipinski definition) is 1. The number of para-hydroxylation sites is 1. The van der Waals surface area contributed by atoms with Gasteiger partial charge in [0.1, 0.15) is 6.04 Å². The van der Waals surface area contributed by atoms with Crippen LogP contribution in [0.1, 0.15) is 40.1 Å². The quantitative estimate of drug-likeness (QED) is 0.636. The summed E-state index contributed by atoms with van der Waals surface area (Å²) in [6, 6.07) is 12.4. The summed E-state index contributed by atoms with van der Waals surface area (Å²) in [5, 5.41) is 2.69. The van der Waals surface area contributed by atoms with Crippen molar-refractivity contribution in [2.45, 2.75) is 32.9 Å². The largest absolute Gasteiger partial charge is 0.451 e. The Labute approximate surface area is 162 Å². The number of amides is 3. The molecule has 1 N–H and O–H groups in total. The van der Waals surface area contributed by atoms with E-state index in [0.29, 0.717) is 5.69 Å². The first kappa shape index (κ1) is 19.3. The van der Waals surface area contributed by atoms with Crippen LogP contribution >= 0.6 is 0 Å². The number of esters is 1. The van der Waals surface area contributed by atoms with Gasteiger partial charge in [0.15, 0.2) is 6.10 Å². The van der Waals surface area contributed by atoms with Gasteiger partial charge in [0.05, 0.1) is 11.1 Å². The van der Waals surface area contributed by atoms with Crippen molar-refractivity contribution in [1.29, 1.82) is 0 Å². The van der Waals surface area contributed by atoms with Crippen LogP contribution in [0.5, 0.6) is 0 Å². The predicted octanol–water partition coefficient (Wildman–Crippen LogP) is 2.55. The van der Waals surface area contributed by atoms with E-state index in [1.807, 2.05) is 19.1 Å². The molecule has 7 heteroatoms. The van der Waals surface area contributed by atoms with Crippen molar-refractivity contribution in [2.75, 3.05) is 5.32 Å². The van der Waals surface area contributed by atoms with Crippen LogP contribution in [0.4, 0.5) is 5.69 Å². The average Bonchev–Trinajstić information content (AvgIpc) is 2.93. The van der Waals surface area contributed by atoms with E-state index in [2.05, 4.69) is 5.32 Å². The van der Waals surface area contributed by atoms with Gasteiger partial charge < -0.3 is 10.1 Å². The molecule has 1 aliphatic heterocycles. The Kier molecular flexibility index (Phi) is 5.26. The highest BCUT2D eigenvalue weighted by Gasteiger charge is 2.41. The molecule has 3 amide bonds. The molecule has 0 saturated carbocycles. The molecule has 28 heavy (non-hydrogen) atoms. The molecule has 0 saturated heterocycles. The second-order valence-corrected chi connectivity index (χ2v) is 6.59. The van der Waals surface area contributed by atoms with Gasteiger partial charge in [0.2, 0.25) is 0 Å². The van der Waals surface area contributed by atoms with E-state index in [-0.39, 0.29) is 11.1 Å². The second kappa shape index (κ2) is 7.64. The van der Waals surface area contributed by atoms with Gasteiger partial charge in [-0.05, 0) is 44.5 Å². The number of anilines is 1. The number of carbonyl (C=O) groups is 4. The van der Waals surface area contributed by atoms with E-state index in [4.69, 9.17) is 4.74 Å². The first-order valence-corrected chi connectivity index (χ1v) is 8.85. The predicted molar refractivity (Wildman–Crippen MR) is 102 cm³/mol. The van der Waals surface area contributed by atoms with Gasteiger partial charge in [-0.15, -0.1) is 0 Å². The zero-order valence-electron chi connectivity index (χ0n) is 15.8. The number of benzene rings is 2. The fraction of sp³-hybridized carbons (Fsp3) is 0.238. The number of hydrogen-bond acceptors (Lipinski definition) is 5. The van der Waals surface area contributed by atoms with Crippen molar-refractivity contribution >= 4 is 29.4 Å². The molecule has 2 aromatic carbocycles. The van der Waals surface area contributed by atoms with Crippen LogP contribution in [0.2, 0.25) is 0 Å². The summed E-state index contributed by atoms with van der Waals surface area (Å²) in [5.41, 5.74) is 1.98. The maximum absolute atomic E-state index is 12.5. The van der Waals surface area contributed by atoms with Gasteiger partial charge >= 0.3 is 5.97 Å². The first-order valence-electron chi connectivity index (χ1n) is 8.85. The molecule has 0 aromatic heterocycles. The standard InChI is InChI=1S/C21H20N2O5/c1-12-8-4-7-11-17(12)22-18(24)14(3)28-21(27)13(2)23-19(25)15-9-5-6-10-16(15)20(23)26/h4-11,13-14H,1-3H3,(H,22,24)/t13-,14-/m1/s1. The molecular formula is C21H20N2O5. The number of carbonyl (C=O) groups excluding carboxylic acids is 4. The molecule has 2 aromatic rings. The molecule has 0 fully saturated rings. The third kappa shape index (κ3) is 3.51. The molecule has 144 valence electrons. The maximum Gasteiger partial charge on any atom is 0.329 e. The minimum Gasteiger partial charge on any atom is -0.451 e. The highest BCUT2D eigenvalue weighted by Crippen LogP contribution is 2.25. The van der Waals surface area contributed by atoms with E-state index >= 15 is 0 Å². The molecular weight excluding hydrogens is 360 g/mol. The highest BCUT2D eigenvalue weighted by molar-refractivity contribution is 6.22. The lowest BCUT2D eigenvalue weighted by atomic mass is 10.1. The van der Waals surface area contributed by atoms with Crippen LogP contribution in [0, 0.1) is 6.92 Å². The van der Waals surface area contributed by atoms with Gasteiger partial charge in [-0.1, -0.05) is 30.3 Å². The van der Waals surface area contributed by atoms with Gasteiger partial charge in [-0.2, -0.15) is 0 Å². The van der Waals surface area contributed by atoms with Crippen molar-refractivity contribution in [3.63, 3.8) is 0 Å². The molecule has 0 aliphatic carbocycles. The van der Waals surface area contributed by atoms with Crippen LogP contribution in [0.25, 0.3) is 0 Å². The van der Waals surface area contributed by atoms with Gasteiger partial charge in [-0.3, -0.25) is 19.3 Å². The van der Waals surface area contributed by atoms with Gasteiger partial charge in [0.25, 0.3) is 17.7 Å². The fourth-order valence-electron chi connectivity index (χ4n) is 2.94. The van der Waals surface area contributed by atoms with Crippen molar-refractivity contribution in [3.8, 4) is 0 Å². The van der Waals surface area contributed by atoms with Crippen LogP contribution in [-0.2, 0) is 14.3 Å². The fourth-order valence-corrected chi connectivity index (χ4v) is 2.94. The minimum absolute atomic E-state index is 0.248. The molecule has 0 spiro atoms. The van der Waals surface area contributed by atoms with Crippen molar-refractivity contribution in [1.82, 2.24) is 4.90 Å². The number of imide groups is 1. The summed E-state index contributed by atoms with van der Waals surface area (Å²) >= 11 is 0. The van der Waals surface area contributed by atoms with Crippen molar-refractivity contribution in [3.05, 3.63) is 65.2 Å². The normalized spacial score (nSPS) is 15.0. The molecule has 0 bridgehead atoms. The number of aryl methyl sites for hydroxylation is 1. The Morgan fingerprint density at radius 1 is 0.929 bits per heavy atom. The molecule has 3 rings (SSSR count). The molecule has 0 radical (unpaired) electrons. The third-order valence-corrected chi connectivity index (χ3v) is 4.62. The Hall–Kier alpha value is -3.48. The Morgan fingerprint density at radius 2 is 1.46 bits per heavy atom. The maximum atomic E-state index is 12.5. The zero-order chi connectivity index (χ0) is 20.4. The Morgan fingerprint density at radius 3 is 2.04 bits per heavy atom. The first-order chi connectivity index (χ1) is 13.3. The molecule has 1 aliphatic rings. The number of nitrogens with zero attached hydrogens (tertiary/aromatic N) is 1. The molecule has 0 unspecified atom stereocenters. The highest BCUT2D eigenvalue weighted by atomic mass is 16.5. The Balaban J connectivity index is 1.66. The molecule has 7 nitrogen and oxygen atoms in total. The van der Waals surface area contributed by atoms with E-state index in [1.165, 1.54) is 26.0 Å². The monoisotopic (exact) mass is 380 g/mol. The van der Waals surface area contributed by atoms with Crippen LogP contribution in [0.15, 0.2) is 48.5 Å². The van der Waals surface area contributed by atoms with E-state index in [0.717, 1.165) is 10.5 Å². The zero-order valence-corrected chi connectivity index (χ0v) is 15.8. The summed E-state index contributed by atoms with van der Waals surface area (Å²) < 4.78 is 5.20. The lowest BCUT2D eigenvalue weighted by Gasteiger charge is -2.23. The second-order valence-electron chi connectivity index (χ2n) is 6.59. The smallest absolute Gasteiger partial charge is 0.329 e. The Bertz CT molecular complexity index is 934. The molecule has 2 atom stereocenters. The number of rotatable bonds is 5. The topological polar surface area (TPSA) is 92.8 Å². The van der Waals surface area contributed by atoms with E-state index in [1.54, 1.807) is 24.3 Å². The number of fused-ring (bicyclic) bond motifs is 1. The minimum atomic E-state index is -1.15. The molecule has 1 heterocycles. The summed E-state index contributed by atoms with van der Waals surface area (Å²) in [6.07, 6.45) is -1.09. The lowest BCUT2D eigenvalue weighted by molar-refractivity contribution is -0.156. The van der Waals surface area contributed by atoms with E-state index < -0.39 is 35.8 Å². The third-order valence-electron chi connectivity index (χ3n) is 4.62. The van der Waals surface area contributed by atoms with Crippen molar-refractivity contribution in [2.24, 2.45) is 0 Å². The van der Waals surface area contributed by atoms with Crippen molar-refractivity contribution < 1.29 is 23.9 Å². The summed E-state index contributed by atoms with van der Waals surface area (Å²) in [4.78, 5) is 50.6. The van der Waals surface area contributed by atoms with Gasteiger partial charge in [-0.25, -0.2) is 4.79 Å². The number of nitrogens with one attached hydrogen (secondary N) is 1. The summed E-state index contributed by atoms with van der Waals surface area (Å²) in [6.45, 7) is 4.67. The van der Waals surface area contributed by atoms with Crippen LogP contribution in [0.3, 0.4) is 0 Å². The number of ether oxygens (including phenoxy) is 1. The summed E-state index contributed by atoms with van der Waals surface area (Å²) in [5.74, 6) is -2.44. The lowest BCUT2D eigenvalue weighted by Crippen LogP contribution is -2.45. The van der Waals surface area contributed by atoms with Crippen LogP contribution in [-0.4, -0.2) is 40.7 Å². The SMILES string of the molecule is Cc1ccccc1NC(=O)[C@@H](C)OC(=O)[C@@H](C)N1C(=O)c2ccccc2C1=O. The van der Waals surface area contributed by atoms with Gasteiger partial charge in [0, 0.05) is 5.69 Å². The van der Waals surface area contributed by atoms with Crippen LogP contribution < -0.4 is 5.32 Å².